The minimum absolute atomic E-state index is 0.0471. The van der Waals surface area contributed by atoms with E-state index in [1.54, 1.807) is 13.4 Å². The third-order valence-electron chi connectivity index (χ3n) is 5.38. The molecule has 0 unspecified atom stereocenters. The number of para-hydroxylation sites is 1. The highest BCUT2D eigenvalue weighted by Crippen LogP contribution is 2.27. The Morgan fingerprint density at radius 2 is 1.66 bits per heavy atom. The standard InChI is InChI=1S/C19H20N2.C9H8O2/c1-19(2,14-21)18-10-8-16(9-11-18)17(13-20)12-15-6-4-3-5-7-15;1-10-9-6-11-8-5-3-2-4-7(8)9/h3-12H,14,21H2,1-2H3;2-6H,1H3/b17-12+;. The van der Waals surface area contributed by atoms with Crippen molar-refractivity contribution in [1.82, 2.24) is 0 Å². The molecule has 4 nitrogen and oxygen atoms in total. The number of allylic oxidation sites excluding steroid dienone is 1. The SMILES string of the molecule is CC(C)(CN)c1ccc(/C(C#N)=C/c2ccccc2)cc1.COc1coc2ccccc12. The topological polar surface area (TPSA) is 72.2 Å². The van der Waals surface area contributed by atoms with Crippen LogP contribution in [0, 0.1) is 11.3 Å². The van der Waals surface area contributed by atoms with Gasteiger partial charge in [0, 0.05) is 12.0 Å². The van der Waals surface area contributed by atoms with E-state index in [2.05, 4.69) is 32.0 Å². The maximum absolute atomic E-state index is 9.38. The number of hydrogen-bond acceptors (Lipinski definition) is 4. The van der Waals surface area contributed by atoms with E-state index in [0.29, 0.717) is 12.1 Å². The molecule has 4 rings (SSSR count). The van der Waals surface area contributed by atoms with Crippen LogP contribution in [0.3, 0.4) is 0 Å². The number of nitrogens with zero attached hydrogens (tertiary/aromatic N) is 1. The van der Waals surface area contributed by atoms with Gasteiger partial charge in [-0.05, 0) is 34.9 Å². The van der Waals surface area contributed by atoms with Gasteiger partial charge in [-0.15, -0.1) is 0 Å². The minimum atomic E-state index is -0.0471. The molecule has 0 fully saturated rings. The van der Waals surface area contributed by atoms with Gasteiger partial charge < -0.3 is 14.9 Å². The molecule has 0 radical (unpaired) electrons. The lowest BCUT2D eigenvalue weighted by molar-refractivity contribution is 0.410. The maximum atomic E-state index is 9.38. The minimum Gasteiger partial charge on any atom is -0.493 e. The second-order valence-electron chi connectivity index (χ2n) is 8.05. The first-order valence-electron chi connectivity index (χ1n) is 10.5. The quantitative estimate of drug-likeness (QED) is 0.296. The normalized spacial score (nSPS) is 11.4. The molecular weight excluding hydrogens is 396 g/mol. The predicted molar refractivity (Wildman–Crippen MR) is 131 cm³/mol. The van der Waals surface area contributed by atoms with Gasteiger partial charge in [-0.3, -0.25) is 0 Å². The van der Waals surface area contributed by atoms with Crippen molar-refractivity contribution < 1.29 is 9.15 Å². The predicted octanol–water partition coefficient (Wildman–Crippen LogP) is 6.43. The highest BCUT2D eigenvalue weighted by molar-refractivity contribution is 5.89. The fourth-order valence-electron chi connectivity index (χ4n) is 3.23. The van der Waals surface area contributed by atoms with Crippen LogP contribution in [0.25, 0.3) is 22.6 Å². The van der Waals surface area contributed by atoms with Crippen molar-refractivity contribution in [1.29, 1.82) is 5.26 Å². The monoisotopic (exact) mass is 424 g/mol. The lowest BCUT2D eigenvalue weighted by Crippen LogP contribution is -2.27. The Morgan fingerprint density at radius 3 is 2.28 bits per heavy atom. The van der Waals surface area contributed by atoms with Crippen LogP contribution < -0.4 is 10.5 Å². The first-order valence-corrected chi connectivity index (χ1v) is 10.5. The zero-order valence-electron chi connectivity index (χ0n) is 18.7. The molecule has 0 amide bonds. The third-order valence-corrected chi connectivity index (χ3v) is 5.38. The zero-order valence-corrected chi connectivity index (χ0v) is 18.7. The number of furan rings is 1. The fraction of sp³-hybridized carbons (Fsp3) is 0.179. The summed E-state index contributed by atoms with van der Waals surface area (Å²) in [6.45, 7) is 4.83. The van der Waals surface area contributed by atoms with E-state index in [9.17, 15) is 5.26 Å². The van der Waals surface area contributed by atoms with Gasteiger partial charge in [0.05, 0.1) is 24.1 Å². The molecule has 0 atom stereocenters. The molecule has 0 aliphatic carbocycles. The lowest BCUT2D eigenvalue weighted by atomic mass is 9.84. The van der Waals surface area contributed by atoms with Gasteiger partial charge in [0.2, 0.25) is 0 Å². The van der Waals surface area contributed by atoms with Crippen LogP contribution in [-0.2, 0) is 5.41 Å². The van der Waals surface area contributed by atoms with E-state index in [4.69, 9.17) is 14.9 Å². The van der Waals surface area contributed by atoms with Crippen molar-refractivity contribution in [2.45, 2.75) is 19.3 Å². The lowest BCUT2D eigenvalue weighted by Gasteiger charge is -2.23. The van der Waals surface area contributed by atoms with Crippen LogP contribution in [-0.4, -0.2) is 13.7 Å². The average Bonchev–Trinajstić information content (AvgIpc) is 3.27. The Balaban J connectivity index is 0.000000219. The van der Waals surface area contributed by atoms with E-state index < -0.39 is 0 Å². The molecule has 4 aromatic rings. The van der Waals surface area contributed by atoms with Crippen molar-refractivity contribution in [2.24, 2.45) is 5.73 Å². The average molecular weight is 425 g/mol. The van der Waals surface area contributed by atoms with Gasteiger partial charge in [0.15, 0.2) is 5.75 Å². The Morgan fingerprint density at radius 1 is 1.00 bits per heavy atom. The summed E-state index contributed by atoms with van der Waals surface area (Å²) in [5.41, 5.74) is 10.4. The molecule has 0 bridgehead atoms. The fourth-order valence-corrected chi connectivity index (χ4v) is 3.23. The molecule has 0 saturated heterocycles. The molecule has 4 heteroatoms. The molecule has 162 valence electrons. The summed E-state index contributed by atoms with van der Waals surface area (Å²) in [4.78, 5) is 0. The molecule has 1 aromatic heterocycles. The van der Waals surface area contributed by atoms with Crippen molar-refractivity contribution in [2.75, 3.05) is 13.7 Å². The highest BCUT2D eigenvalue weighted by atomic mass is 16.5. The van der Waals surface area contributed by atoms with E-state index >= 15 is 0 Å². The number of nitriles is 1. The Bertz CT molecular complexity index is 1210. The highest BCUT2D eigenvalue weighted by Gasteiger charge is 2.18. The van der Waals surface area contributed by atoms with Crippen LogP contribution in [0.4, 0.5) is 0 Å². The number of methoxy groups -OCH3 is 1. The van der Waals surface area contributed by atoms with E-state index in [-0.39, 0.29) is 5.41 Å². The van der Waals surface area contributed by atoms with Crippen molar-refractivity contribution in [3.63, 3.8) is 0 Å². The number of nitrogens with two attached hydrogens (primary N) is 1. The molecule has 0 spiro atoms. The first kappa shape index (κ1) is 22.9. The van der Waals surface area contributed by atoms with E-state index in [0.717, 1.165) is 27.8 Å². The van der Waals surface area contributed by atoms with Gasteiger partial charge in [0.25, 0.3) is 0 Å². The Hall–Kier alpha value is -3.81. The maximum Gasteiger partial charge on any atom is 0.164 e. The van der Waals surface area contributed by atoms with Crippen LogP contribution >= 0.6 is 0 Å². The summed E-state index contributed by atoms with van der Waals surface area (Å²) < 4.78 is 10.3. The second kappa shape index (κ2) is 10.5. The Labute approximate surface area is 189 Å². The van der Waals surface area contributed by atoms with Crippen molar-refractivity contribution >= 4 is 22.6 Å². The third kappa shape index (κ3) is 5.46. The smallest absolute Gasteiger partial charge is 0.164 e. The molecule has 1 heterocycles. The van der Waals surface area contributed by atoms with Gasteiger partial charge in [-0.2, -0.15) is 5.26 Å². The van der Waals surface area contributed by atoms with Gasteiger partial charge in [-0.1, -0.05) is 80.6 Å². The zero-order chi connectivity index (χ0) is 23.0. The number of ether oxygens (including phenoxy) is 1. The van der Waals surface area contributed by atoms with E-state index in [1.807, 2.05) is 72.8 Å². The van der Waals surface area contributed by atoms with Gasteiger partial charge >= 0.3 is 0 Å². The number of fused-ring (bicyclic) bond motifs is 1. The molecular formula is C28H28N2O2. The molecule has 32 heavy (non-hydrogen) atoms. The number of hydrogen-bond donors (Lipinski definition) is 1. The van der Waals surface area contributed by atoms with Crippen LogP contribution in [0.5, 0.6) is 5.75 Å². The Kier molecular flexibility index (Phi) is 7.49. The van der Waals surface area contributed by atoms with Gasteiger partial charge in [0.1, 0.15) is 11.8 Å². The summed E-state index contributed by atoms with van der Waals surface area (Å²) >= 11 is 0. The summed E-state index contributed by atoms with van der Waals surface area (Å²) in [6.07, 6.45) is 3.52. The number of benzene rings is 3. The molecule has 0 aliphatic heterocycles. The molecule has 0 aliphatic rings. The van der Waals surface area contributed by atoms with Gasteiger partial charge in [-0.25, -0.2) is 0 Å². The van der Waals surface area contributed by atoms with Crippen LogP contribution in [0.1, 0.15) is 30.5 Å². The van der Waals surface area contributed by atoms with E-state index in [1.165, 1.54) is 5.56 Å². The van der Waals surface area contributed by atoms with Crippen LogP contribution in [0.15, 0.2) is 89.5 Å². The molecule has 3 aromatic carbocycles. The van der Waals surface area contributed by atoms with Crippen molar-refractivity contribution in [3.8, 4) is 11.8 Å². The second-order valence-corrected chi connectivity index (χ2v) is 8.05. The summed E-state index contributed by atoms with van der Waals surface area (Å²) in [5, 5.41) is 10.4. The van der Waals surface area contributed by atoms with Crippen LogP contribution in [0.2, 0.25) is 0 Å². The first-order chi connectivity index (χ1) is 15.5. The largest absolute Gasteiger partial charge is 0.493 e. The van der Waals surface area contributed by atoms with Crippen molar-refractivity contribution in [3.05, 3.63) is 102 Å². The molecule has 0 saturated carbocycles. The summed E-state index contributed by atoms with van der Waals surface area (Å²) in [7, 11) is 1.64. The molecule has 2 N–H and O–H groups in total. The summed E-state index contributed by atoms with van der Waals surface area (Å²) in [6, 6.07) is 28.0. The summed E-state index contributed by atoms with van der Waals surface area (Å²) in [5.74, 6) is 0.792. The number of rotatable bonds is 5.